The maximum absolute atomic E-state index is 3.55. The van der Waals surface area contributed by atoms with E-state index in [9.17, 15) is 0 Å². The van der Waals surface area contributed by atoms with Crippen molar-refractivity contribution in [3.05, 3.63) is 71.8 Å². The summed E-state index contributed by atoms with van der Waals surface area (Å²) in [4.78, 5) is 0. The van der Waals surface area contributed by atoms with Gasteiger partial charge in [0.05, 0.1) is 0 Å². The van der Waals surface area contributed by atoms with Crippen LogP contribution in [0, 0.1) is 6.92 Å². The third kappa shape index (κ3) is 2.43. The van der Waals surface area contributed by atoms with E-state index < -0.39 is 0 Å². The molecule has 0 heterocycles. The number of benzene rings is 3. The number of halogens is 1. The number of hydrogen-bond acceptors (Lipinski definition) is 0. The predicted molar refractivity (Wildman–Crippen MR) is 86.8 cm³/mol. The van der Waals surface area contributed by atoms with E-state index in [-0.39, 0.29) is 0 Å². The third-order valence-electron chi connectivity index (χ3n) is 3.39. The molecule has 0 aliphatic carbocycles. The van der Waals surface area contributed by atoms with Gasteiger partial charge in [-0.05, 0) is 34.4 Å². The summed E-state index contributed by atoms with van der Waals surface area (Å²) < 4.78 is 0. The highest BCUT2D eigenvalue weighted by Crippen LogP contribution is 2.30. The summed E-state index contributed by atoms with van der Waals surface area (Å²) >= 11 is 3.55. The van der Waals surface area contributed by atoms with Gasteiger partial charge in [-0.25, -0.2) is 0 Å². The maximum Gasteiger partial charge on any atom is 0.0283 e. The van der Waals surface area contributed by atoms with Crippen molar-refractivity contribution < 1.29 is 0 Å². The summed E-state index contributed by atoms with van der Waals surface area (Å²) in [5.41, 5.74) is 5.23. The van der Waals surface area contributed by atoms with Crippen LogP contribution in [0.1, 0.15) is 11.1 Å². The Morgan fingerprint density at radius 3 is 2.53 bits per heavy atom. The Kier molecular flexibility index (Phi) is 3.39. The molecule has 19 heavy (non-hydrogen) atoms. The van der Waals surface area contributed by atoms with Crippen molar-refractivity contribution in [3.63, 3.8) is 0 Å². The SMILES string of the molecule is Cc1cc(CBr)cc(-c2cccc3ccccc23)c1. The van der Waals surface area contributed by atoms with Crippen molar-refractivity contribution in [1.29, 1.82) is 0 Å². The first-order valence-electron chi connectivity index (χ1n) is 6.42. The number of alkyl halides is 1. The zero-order chi connectivity index (χ0) is 13.2. The molecule has 0 amide bonds. The standard InChI is InChI=1S/C18H15Br/c1-13-9-14(12-19)11-16(10-13)18-8-4-6-15-5-2-3-7-17(15)18/h2-11H,12H2,1H3. The van der Waals surface area contributed by atoms with E-state index in [0.29, 0.717) is 0 Å². The molecule has 0 bridgehead atoms. The van der Waals surface area contributed by atoms with Gasteiger partial charge in [0.2, 0.25) is 0 Å². The minimum absolute atomic E-state index is 0.895. The Labute approximate surface area is 122 Å². The van der Waals surface area contributed by atoms with Crippen molar-refractivity contribution in [2.45, 2.75) is 12.3 Å². The molecule has 3 rings (SSSR count). The molecule has 0 N–H and O–H groups in total. The lowest BCUT2D eigenvalue weighted by atomic mass is 9.96. The number of rotatable bonds is 2. The molecule has 0 atom stereocenters. The Morgan fingerprint density at radius 2 is 1.68 bits per heavy atom. The van der Waals surface area contributed by atoms with Gasteiger partial charge in [0.25, 0.3) is 0 Å². The Morgan fingerprint density at radius 1 is 0.895 bits per heavy atom. The first-order valence-corrected chi connectivity index (χ1v) is 7.55. The lowest BCUT2D eigenvalue weighted by Gasteiger charge is -2.09. The normalized spacial score (nSPS) is 10.8. The van der Waals surface area contributed by atoms with Crippen molar-refractivity contribution >= 4 is 26.7 Å². The lowest BCUT2D eigenvalue weighted by molar-refractivity contribution is 1.37. The van der Waals surface area contributed by atoms with Crippen LogP contribution < -0.4 is 0 Å². The molecule has 0 nitrogen and oxygen atoms in total. The highest BCUT2D eigenvalue weighted by molar-refractivity contribution is 9.08. The van der Waals surface area contributed by atoms with Crippen LogP contribution in [0.25, 0.3) is 21.9 Å². The molecule has 0 aliphatic heterocycles. The molecule has 0 fully saturated rings. The molecule has 1 heteroatoms. The van der Waals surface area contributed by atoms with Crippen molar-refractivity contribution in [3.8, 4) is 11.1 Å². The fraction of sp³-hybridized carbons (Fsp3) is 0.111. The predicted octanol–water partition coefficient (Wildman–Crippen LogP) is 5.71. The molecule has 0 saturated carbocycles. The molecule has 0 aromatic heterocycles. The van der Waals surface area contributed by atoms with Gasteiger partial charge in [0, 0.05) is 5.33 Å². The zero-order valence-electron chi connectivity index (χ0n) is 10.9. The monoisotopic (exact) mass is 310 g/mol. The van der Waals surface area contributed by atoms with Gasteiger partial charge in [0.15, 0.2) is 0 Å². The van der Waals surface area contributed by atoms with Crippen LogP contribution in [-0.4, -0.2) is 0 Å². The van der Waals surface area contributed by atoms with E-state index in [4.69, 9.17) is 0 Å². The van der Waals surface area contributed by atoms with E-state index >= 15 is 0 Å². The smallest absolute Gasteiger partial charge is 0.0283 e. The highest BCUT2D eigenvalue weighted by atomic mass is 79.9. The van der Waals surface area contributed by atoms with Crippen LogP contribution in [-0.2, 0) is 5.33 Å². The molecular formula is C18H15Br. The molecule has 3 aromatic rings. The van der Waals surface area contributed by atoms with Gasteiger partial charge >= 0.3 is 0 Å². The van der Waals surface area contributed by atoms with Crippen molar-refractivity contribution in [1.82, 2.24) is 0 Å². The van der Waals surface area contributed by atoms with Gasteiger partial charge in [0.1, 0.15) is 0 Å². The molecule has 0 radical (unpaired) electrons. The number of hydrogen-bond donors (Lipinski definition) is 0. The van der Waals surface area contributed by atoms with Crippen LogP contribution in [0.15, 0.2) is 60.7 Å². The first kappa shape index (κ1) is 12.4. The minimum Gasteiger partial charge on any atom is -0.0876 e. The van der Waals surface area contributed by atoms with Crippen molar-refractivity contribution in [2.24, 2.45) is 0 Å². The molecule has 0 spiro atoms. The highest BCUT2D eigenvalue weighted by Gasteiger charge is 2.05. The second-order valence-electron chi connectivity index (χ2n) is 4.87. The van der Waals surface area contributed by atoms with E-state index in [0.717, 1.165) is 5.33 Å². The second kappa shape index (κ2) is 5.18. The van der Waals surface area contributed by atoms with Crippen molar-refractivity contribution in [2.75, 3.05) is 0 Å². The fourth-order valence-electron chi connectivity index (χ4n) is 2.57. The number of fused-ring (bicyclic) bond motifs is 1. The lowest BCUT2D eigenvalue weighted by Crippen LogP contribution is -1.86. The summed E-state index contributed by atoms with van der Waals surface area (Å²) in [6.07, 6.45) is 0. The van der Waals surface area contributed by atoms with E-state index in [1.807, 2.05) is 0 Å². The largest absolute Gasteiger partial charge is 0.0876 e. The van der Waals surface area contributed by atoms with Crippen LogP contribution in [0.3, 0.4) is 0 Å². The summed E-state index contributed by atoms with van der Waals surface area (Å²) in [6.45, 7) is 2.15. The quantitative estimate of drug-likeness (QED) is 0.532. The molecule has 3 aromatic carbocycles. The average molecular weight is 311 g/mol. The van der Waals surface area contributed by atoms with E-state index in [1.165, 1.54) is 33.0 Å². The Bertz CT molecular complexity index is 723. The molecule has 0 unspecified atom stereocenters. The number of aryl methyl sites for hydroxylation is 1. The van der Waals surface area contributed by atoms with Crippen LogP contribution >= 0.6 is 15.9 Å². The van der Waals surface area contributed by atoms with Crippen LogP contribution in [0.2, 0.25) is 0 Å². The van der Waals surface area contributed by atoms with E-state index in [1.54, 1.807) is 0 Å². The van der Waals surface area contributed by atoms with E-state index in [2.05, 4.69) is 83.5 Å². The summed E-state index contributed by atoms with van der Waals surface area (Å²) in [5, 5.41) is 3.50. The van der Waals surface area contributed by atoms with Gasteiger partial charge in [-0.15, -0.1) is 0 Å². The molecular weight excluding hydrogens is 296 g/mol. The topological polar surface area (TPSA) is 0 Å². The third-order valence-corrected chi connectivity index (χ3v) is 4.04. The van der Waals surface area contributed by atoms with Gasteiger partial charge in [-0.2, -0.15) is 0 Å². The van der Waals surface area contributed by atoms with Gasteiger partial charge in [-0.3, -0.25) is 0 Å². The fourth-order valence-corrected chi connectivity index (χ4v) is 2.90. The zero-order valence-corrected chi connectivity index (χ0v) is 12.4. The average Bonchev–Trinajstić information content (AvgIpc) is 2.46. The molecule has 0 aliphatic rings. The molecule has 0 saturated heterocycles. The maximum atomic E-state index is 3.55. The van der Waals surface area contributed by atoms with Crippen LogP contribution in [0.5, 0.6) is 0 Å². The van der Waals surface area contributed by atoms with Gasteiger partial charge < -0.3 is 0 Å². The second-order valence-corrected chi connectivity index (χ2v) is 5.43. The summed E-state index contributed by atoms with van der Waals surface area (Å²) in [6, 6.07) is 21.8. The first-order chi connectivity index (χ1) is 9.28. The van der Waals surface area contributed by atoms with Crippen LogP contribution in [0.4, 0.5) is 0 Å². The van der Waals surface area contributed by atoms with Gasteiger partial charge in [-0.1, -0.05) is 82.2 Å². The Balaban J connectivity index is 2.27. The summed E-state index contributed by atoms with van der Waals surface area (Å²) in [7, 11) is 0. The Hall–Kier alpha value is -1.60. The summed E-state index contributed by atoms with van der Waals surface area (Å²) in [5.74, 6) is 0. The molecule has 94 valence electrons. The minimum atomic E-state index is 0.895.